The average Bonchev–Trinajstić information content (AvgIpc) is 2.54. The van der Waals surface area contributed by atoms with Crippen LogP contribution in [-0.4, -0.2) is 42.7 Å². The first-order valence-electron chi connectivity index (χ1n) is 8.06. The maximum absolute atomic E-state index is 11.5. The summed E-state index contributed by atoms with van der Waals surface area (Å²) in [4.78, 5) is 13.8. The third-order valence-corrected chi connectivity index (χ3v) is 4.63. The molecule has 4 nitrogen and oxygen atoms in total. The molecular weight excluding hydrogens is 278 g/mol. The van der Waals surface area contributed by atoms with Gasteiger partial charge in [0.05, 0.1) is 19.1 Å². The summed E-state index contributed by atoms with van der Waals surface area (Å²) < 4.78 is 4.81. The predicted molar refractivity (Wildman–Crippen MR) is 86.7 cm³/mol. The molecule has 1 atom stereocenters. The van der Waals surface area contributed by atoms with Crippen molar-refractivity contribution in [2.24, 2.45) is 5.92 Å². The van der Waals surface area contributed by atoms with E-state index in [0.717, 1.165) is 50.0 Å². The Morgan fingerprint density at radius 1 is 1.36 bits per heavy atom. The van der Waals surface area contributed by atoms with Gasteiger partial charge in [0.25, 0.3) is 0 Å². The molecule has 1 aromatic carbocycles. The van der Waals surface area contributed by atoms with E-state index in [2.05, 4.69) is 23.1 Å². The van der Waals surface area contributed by atoms with Crippen molar-refractivity contribution < 1.29 is 14.6 Å². The first-order chi connectivity index (χ1) is 10.5. The van der Waals surface area contributed by atoms with Crippen molar-refractivity contribution in [2.45, 2.75) is 39.2 Å². The molecule has 1 saturated heterocycles. The minimum Gasteiger partial charge on any atom is -0.469 e. The Hall–Kier alpha value is -1.39. The van der Waals surface area contributed by atoms with E-state index < -0.39 is 6.10 Å². The molecule has 22 heavy (non-hydrogen) atoms. The smallest absolute Gasteiger partial charge is 0.308 e. The number of ether oxygens (including phenoxy) is 1. The van der Waals surface area contributed by atoms with E-state index >= 15 is 0 Å². The Balaban J connectivity index is 1.81. The highest BCUT2D eigenvalue weighted by molar-refractivity contribution is 5.72. The molecule has 122 valence electrons. The summed E-state index contributed by atoms with van der Waals surface area (Å²) in [5, 5.41) is 10.4. The van der Waals surface area contributed by atoms with Crippen LogP contribution in [0.4, 0.5) is 0 Å². The highest BCUT2D eigenvalue weighted by atomic mass is 16.5. The summed E-state index contributed by atoms with van der Waals surface area (Å²) in [7, 11) is 1.45. The quantitative estimate of drug-likeness (QED) is 0.850. The number of aryl methyl sites for hydroxylation is 2. The fraction of sp³-hybridized carbons (Fsp3) is 0.611. The summed E-state index contributed by atoms with van der Waals surface area (Å²) in [5.74, 6) is -0.0414. The van der Waals surface area contributed by atoms with E-state index in [4.69, 9.17) is 4.74 Å². The number of carbonyl (C=O) groups is 1. The Bertz CT molecular complexity index is 507. The number of piperidine rings is 1. The van der Waals surface area contributed by atoms with E-state index in [1.165, 1.54) is 12.7 Å². The maximum Gasteiger partial charge on any atom is 0.308 e. The van der Waals surface area contributed by atoms with Crippen LogP contribution >= 0.6 is 0 Å². The molecule has 1 heterocycles. The first-order valence-corrected chi connectivity index (χ1v) is 8.06. The second-order valence-electron chi connectivity index (χ2n) is 6.30. The second-order valence-corrected chi connectivity index (χ2v) is 6.30. The molecule has 0 saturated carbocycles. The maximum atomic E-state index is 11.5. The monoisotopic (exact) mass is 305 g/mol. The minimum absolute atomic E-state index is 0.0465. The third kappa shape index (κ3) is 4.31. The number of hydrogen-bond donors (Lipinski definition) is 1. The fourth-order valence-corrected chi connectivity index (χ4v) is 3.14. The van der Waals surface area contributed by atoms with Crippen LogP contribution in [0.3, 0.4) is 0 Å². The Morgan fingerprint density at radius 2 is 2.05 bits per heavy atom. The second kappa shape index (κ2) is 7.75. The van der Waals surface area contributed by atoms with Gasteiger partial charge < -0.3 is 14.7 Å². The van der Waals surface area contributed by atoms with Crippen molar-refractivity contribution in [1.29, 1.82) is 0 Å². The SMILES string of the molecule is COC(=O)C1CCN(CCC(O)c2cc(C)ccc2C)CC1. The number of aliphatic hydroxyl groups excluding tert-OH is 1. The summed E-state index contributed by atoms with van der Waals surface area (Å²) in [6, 6.07) is 6.21. The lowest BCUT2D eigenvalue weighted by molar-refractivity contribution is -0.147. The van der Waals surface area contributed by atoms with E-state index in [9.17, 15) is 9.90 Å². The molecule has 2 rings (SSSR count). The summed E-state index contributed by atoms with van der Waals surface area (Å²) in [6.07, 6.45) is 2.02. The Kier molecular flexibility index (Phi) is 5.98. The highest BCUT2D eigenvalue weighted by Gasteiger charge is 2.25. The van der Waals surface area contributed by atoms with E-state index in [1.54, 1.807) is 0 Å². The largest absolute Gasteiger partial charge is 0.469 e. The lowest BCUT2D eigenvalue weighted by Gasteiger charge is -2.31. The van der Waals surface area contributed by atoms with Gasteiger partial charge in [-0.3, -0.25) is 4.79 Å². The molecular formula is C18H27NO3. The van der Waals surface area contributed by atoms with Gasteiger partial charge in [0.15, 0.2) is 0 Å². The van der Waals surface area contributed by atoms with Crippen LogP contribution in [0.2, 0.25) is 0 Å². The zero-order valence-corrected chi connectivity index (χ0v) is 13.8. The number of rotatable bonds is 5. The van der Waals surface area contributed by atoms with Crippen molar-refractivity contribution >= 4 is 5.97 Å². The lowest BCUT2D eigenvalue weighted by Crippen LogP contribution is -2.37. The van der Waals surface area contributed by atoms with Crippen LogP contribution in [0.25, 0.3) is 0 Å². The van der Waals surface area contributed by atoms with Crippen molar-refractivity contribution in [1.82, 2.24) is 4.90 Å². The summed E-state index contributed by atoms with van der Waals surface area (Å²) in [6.45, 7) is 6.76. The molecule has 1 unspecified atom stereocenters. The van der Waals surface area contributed by atoms with E-state index in [-0.39, 0.29) is 11.9 Å². The molecule has 0 amide bonds. The molecule has 1 aromatic rings. The van der Waals surface area contributed by atoms with Crippen LogP contribution in [-0.2, 0) is 9.53 Å². The van der Waals surface area contributed by atoms with Crippen LogP contribution < -0.4 is 0 Å². The molecule has 1 aliphatic rings. The number of carbonyl (C=O) groups excluding carboxylic acids is 1. The molecule has 4 heteroatoms. The number of aliphatic hydroxyl groups is 1. The van der Waals surface area contributed by atoms with Gasteiger partial charge in [0.1, 0.15) is 0 Å². The number of hydrogen-bond acceptors (Lipinski definition) is 4. The van der Waals surface area contributed by atoms with Gasteiger partial charge >= 0.3 is 5.97 Å². The molecule has 0 radical (unpaired) electrons. The van der Waals surface area contributed by atoms with Crippen LogP contribution in [0.1, 0.15) is 42.1 Å². The molecule has 0 aromatic heterocycles. The summed E-state index contributed by atoms with van der Waals surface area (Å²) >= 11 is 0. The highest BCUT2D eigenvalue weighted by Crippen LogP contribution is 2.24. The molecule has 0 aliphatic carbocycles. The zero-order chi connectivity index (χ0) is 16.1. The number of esters is 1. The normalized spacial score (nSPS) is 18.2. The number of likely N-dealkylation sites (tertiary alicyclic amines) is 1. The molecule has 1 N–H and O–H groups in total. The van der Waals surface area contributed by atoms with E-state index in [0.29, 0.717) is 0 Å². The summed E-state index contributed by atoms with van der Waals surface area (Å²) in [5.41, 5.74) is 3.35. The number of methoxy groups -OCH3 is 1. The van der Waals surface area contributed by atoms with Crippen molar-refractivity contribution in [3.63, 3.8) is 0 Å². The molecule has 1 fully saturated rings. The predicted octanol–water partition coefficient (Wildman–Crippen LogP) is 2.61. The van der Waals surface area contributed by atoms with Crippen molar-refractivity contribution in [3.8, 4) is 0 Å². The number of benzene rings is 1. The third-order valence-electron chi connectivity index (χ3n) is 4.63. The van der Waals surface area contributed by atoms with Crippen LogP contribution in [0.5, 0.6) is 0 Å². The molecule has 0 spiro atoms. The molecule has 0 bridgehead atoms. The van der Waals surface area contributed by atoms with Crippen LogP contribution in [0, 0.1) is 19.8 Å². The Morgan fingerprint density at radius 3 is 2.68 bits per heavy atom. The zero-order valence-electron chi connectivity index (χ0n) is 13.8. The minimum atomic E-state index is -0.418. The lowest BCUT2D eigenvalue weighted by atomic mass is 9.95. The Labute approximate surface area is 133 Å². The topological polar surface area (TPSA) is 49.8 Å². The van der Waals surface area contributed by atoms with Crippen molar-refractivity contribution in [3.05, 3.63) is 34.9 Å². The van der Waals surface area contributed by atoms with Gasteiger partial charge in [0, 0.05) is 6.54 Å². The first kappa shape index (κ1) is 17.0. The molecule has 1 aliphatic heterocycles. The standard InChI is InChI=1S/C18H27NO3/c1-13-4-5-14(2)16(12-13)17(20)8-11-19-9-6-15(7-10-19)18(21)22-3/h4-5,12,15,17,20H,6-11H2,1-3H3. The fourth-order valence-electron chi connectivity index (χ4n) is 3.14. The van der Waals surface area contributed by atoms with Gasteiger partial charge in [-0.1, -0.05) is 23.8 Å². The van der Waals surface area contributed by atoms with Gasteiger partial charge in [0.2, 0.25) is 0 Å². The van der Waals surface area contributed by atoms with Crippen LogP contribution in [0.15, 0.2) is 18.2 Å². The van der Waals surface area contributed by atoms with Gasteiger partial charge in [-0.15, -0.1) is 0 Å². The van der Waals surface area contributed by atoms with E-state index in [1.807, 2.05) is 13.8 Å². The van der Waals surface area contributed by atoms with Gasteiger partial charge in [-0.2, -0.15) is 0 Å². The average molecular weight is 305 g/mol. The van der Waals surface area contributed by atoms with Gasteiger partial charge in [-0.05, 0) is 57.3 Å². The number of nitrogens with zero attached hydrogens (tertiary/aromatic N) is 1. The van der Waals surface area contributed by atoms with Crippen molar-refractivity contribution in [2.75, 3.05) is 26.7 Å². The van der Waals surface area contributed by atoms with Gasteiger partial charge in [-0.25, -0.2) is 0 Å².